The van der Waals surface area contributed by atoms with E-state index in [4.69, 9.17) is 6.58 Å². The number of hydrogen-bond donors (Lipinski definition) is 0. The highest BCUT2D eigenvalue weighted by Gasteiger charge is 2.07. The molecule has 1 fully saturated rings. The smallest absolute Gasteiger partial charge is 0.0230 e. The molecule has 0 unspecified atom stereocenters. The third-order valence-corrected chi connectivity index (χ3v) is 1.92. The zero-order chi connectivity index (χ0) is 5.82. The summed E-state index contributed by atoms with van der Waals surface area (Å²) in [4.78, 5) is 0. The lowest BCUT2D eigenvalue weighted by Gasteiger charge is -2.16. The average molecular weight is 109 g/mol. The van der Waals surface area contributed by atoms with Crippen LogP contribution in [0.4, 0.5) is 0 Å². The van der Waals surface area contributed by atoms with Crippen molar-refractivity contribution in [1.82, 2.24) is 0 Å². The molecule has 1 aliphatic carbocycles. The van der Waals surface area contributed by atoms with E-state index < -0.39 is 0 Å². The van der Waals surface area contributed by atoms with E-state index in [0.29, 0.717) is 0 Å². The molecule has 0 bridgehead atoms. The maximum atomic E-state index is 5.38. The molecule has 1 aliphatic rings. The van der Waals surface area contributed by atoms with E-state index in [0.717, 1.165) is 5.92 Å². The molecule has 0 saturated heterocycles. The molecule has 0 atom stereocenters. The van der Waals surface area contributed by atoms with Crippen molar-refractivity contribution in [2.24, 2.45) is 5.92 Å². The van der Waals surface area contributed by atoms with E-state index in [2.05, 4.69) is 0 Å². The molecule has 0 aliphatic heterocycles. The second-order valence-corrected chi connectivity index (χ2v) is 2.59. The van der Waals surface area contributed by atoms with Crippen molar-refractivity contribution < 1.29 is 0 Å². The fourth-order valence-corrected chi connectivity index (χ4v) is 1.33. The van der Waals surface area contributed by atoms with Gasteiger partial charge in [-0.3, -0.25) is 0 Å². The Morgan fingerprint density at radius 2 is 1.75 bits per heavy atom. The third-order valence-electron chi connectivity index (χ3n) is 1.92. The minimum absolute atomic E-state index is 0.740. The molecule has 0 aromatic rings. The molecule has 1 saturated carbocycles. The Balaban J connectivity index is 2.22. The van der Waals surface area contributed by atoms with E-state index in [9.17, 15) is 0 Å². The molecule has 0 nitrogen and oxygen atoms in total. The standard InChI is InChI=1S/C8H13/c1-2-8-6-4-3-5-7-8/h1-2,8H,3-7H2. The molecular formula is C8H13. The Morgan fingerprint density at radius 3 is 2.12 bits per heavy atom. The Hall–Kier alpha value is -0.260. The van der Waals surface area contributed by atoms with Gasteiger partial charge in [-0.2, -0.15) is 0 Å². The van der Waals surface area contributed by atoms with Crippen LogP contribution in [0.2, 0.25) is 0 Å². The molecule has 0 aromatic carbocycles. The van der Waals surface area contributed by atoms with Crippen LogP contribution in [-0.4, -0.2) is 0 Å². The molecule has 0 aromatic heterocycles. The van der Waals surface area contributed by atoms with Gasteiger partial charge in [-0.1, -0.05) is 31.9 Å². The van der Waals surface area contributed by atoms with Crippen molar-refractivity contribution in [3.05, 3.63) is 12.7 Å². The highest BCUT2D eigenvalue weighted by Crippen LogP contribution is 2.23. The molecule has 0 spiro atoms. The molecule has 8 heavy (non-hydrogen) atoms. The van der Waals surface area contributed by atoms with E-state index >= 15 is 0 Å². The van der Waals surface area contributed by atoms with Gasteiger partial charge in [0.05, 0.1) is 0 Å². The minimum atomic E-state index is 0.740. The summed E-state index contributed by atoms with van der Waals surface area (Å²) in [5, 5.41) is 0. The van der Waals surface area contributed by atoms with Gasteiger partial charge in [0, 0.05) is 0 Å². The maximum absolute atomic E-state index is 5.38. The van der Waals surface area contributed by atoms with Gasteiger partial charge in [-0.15, -0.1) is 0 Å². The van der Waals surface area contributed by atoms with Crippen molar-refractivity contribution in [3.8, 4) is 0 Å². The highest BCUT2D eigenvalue weighted by molar-refractivity contribution is 4.78. The first-order valence-corrected chi connectivity index (χ1v) is 3.48. The molecule has 0 amide bonds. The molecule has 0 heteroatoms. The lowest BCUT2D eigenvalue weighted by molar-refractivity contribution is 0.419. The number of allylic oxidation sites excluding steroid dienone is 1. The lowest BCUT2D eigenvalue weighted by atomic mass is 9.90. The van der Waals surface area contributed by atoms with Crippen LogP contribution in [0.15, 0.2) is 6.08 Å². The van der Waals surface area contributed by atoms with Crippen molar-refractivity contribution in [1.29, 1.82) is 0 Å². The molecule has 0 N–H and O–H groups in total. The zero-order valence-corrected chi connectivity index (χ0v) is 5.27. The van der Waals surface area contributed by atoms with Crippen molar-refractivity contribution in [3.63, 3.8) is 0 Å². The summed E-state index contributed by atoms with van der Waals surface area (Å²) < 4.78 is 0. The Morgan fingerprint density at radius 1 is 1.12 bits per heavy atom. The van der Waals surface area contributed by atoms with Crippen LogP contribution in [0.3, 0.4) is 0 Å². The van der Waals surface area contributed by atoms with Crippen LogP contribution >= 0.6 is 0 Å². The molecule has 1 radical (unpaired) electrons. The number of hydrogen-bond acceptors (Lipinski definition) is 0. The Labute approximate surface area is 51.6 Å². The van der Waals surface area contributed by atoms with Gasteiger partial charge in [0.2, 0.25) is 0 Å². The van der Waals surface area contributed by atoms with Crippen LogP contribution in [0, 0.1) is 12.5 Å². The minimum Gasteiger partial charge on any atom is -0.0814 e. The normalized spacial score (nSPS) is 23.0. The summed E-state index contributed by atoms with van der Waals surface area (Å²) >= 11 is 0. The largest absolute Gasteiger partial charge is 0.0814 e. The van der Waals surface area contributed by atoms with Gasteiger partial charge >= 0.3 is 0 Å². The SMILES string of the molecule is [CH]=CC1CCCCC1. The first-order valence-electron chi connectivity index (χ1n) is 3.48. The summed E-state index contributed by atoms with van der Waals surface area (Å²) in [5.74, 6) is 0.740. The van der Waals surface area contributed by atoms with Gasteiger partial charge in [0.1, 0.15) is 0 Å². The van der Waals surface area contributed by atoms with Gasteiger partial charge in [-0.05, 0) is 18.8 Å². The summed E-state index contributed by atoms with van der Waals surface area (Å²) in [6.07, 6.45) is 8.72. The number of rotatable bonds is 1. The third kappa shape index (κ3) is 1.36. The van der Waals surface area contributed by atoms with Gasteiger partial charge in [0.15, 0.2) is 0 Å². The summed E-state index contributed by atoms with van der Waals surface area (Å²) in [6, 6.07) is 0. The maximum Gasteiger partial charge on any atom is -0.0230 e. The van der Waals surface area contributed by atoms with Crippen LogP contribution < -0.4 is 0 Å². The van der Waals surface area contributed by atoms with Crippen LogP contribution in [0.25, 0.3) is 0 Å². The van der Waals surface area contributed by atoms with Crippen LogP contribution in [0.1, 0.15) is 32.1 Å². The van der Waals surface area contributed by atoms with Gasteiger partial charge in [0.25, 0.3) is 0 Å². The summed E-state index contributed by atoms with van der Waals surface area (Å²) in [5.41, 5.74) is 0. The monoisotopic (exact) mass is 109 g/mol. The van der Waals surface area contributed by atoms with Gasteiger partial charge < -0.3 is 0 Å². The first-order chi connectivity index (χ1) is 3.93. The molecule has 0 heterocycles. The predicted octanol–water partition coefficient (Wildman–Crippen LogP) is 2.56. The van der Waals surface area contributed by atoms with Crippen molar-refractivity contribution >= 4 is 0 Å². The highest BCUT2D eigenvalue weighted by atomic mass is 14.1. The van der Waals surface area contributed by atoms with E-state index in [-0.39, 0.29) is 0 Å². The molecule has 45 valence electrons. The fraction of sp³-hybridized carbons (Fsp3) is 0.750. The summed E-state index contributed by atoms with van der Waals surface area (Å²) in [7, 11) is 0. The first kappa shape index (κ1) is 5.87. The topological polar surface area (TPSA) is 0 Å². The van der Waals surface area contributed by atoms with Crippen molar-refractivity contribution in [2.75, 3.05) is 0 Å². The average Bonchev–Trinajstić information content (AvgIpc) is 1.90. The van der Waals surface area contributed by atoms with E-state index in [1.165, 1.54) is 32.1 Å². The molecule has 1 rings (SSSR count). The summed E-state index contributed by atoms with van der Waals surface area (Å²) in [6.45, 7) is 5.38. The quantitative estimate of drug-likeness (QED) is 0.485. The van der Waals surface area contributed by atoms with Gasteiger partial charge in [-0.25, -0.2) is 0 Å². The molecular weight excluding hydrogens is 96.1 g/mol. The van der Waals surface area contributed by atoms with Crippen LogP contribution in [-0.2, 0) is 0 Å². The lowest BCUT2D eigenvalue weighted by Crippen LogP contribution is -2.01. The second kappa shape index (κ2) is 2.91. The van der Waals surface area contributed by atoms with Crippen molar-refractivity contribution in [2.45, 2.75) is 32.1 Å². The predicted molar refractivity (Wildman–Crippen MR) is 35.4 cm³/mol. The van der Waals surface area contributed by atoms with Crippen LogP contribution in [0.5, 0.6) is 0 Å². The zero-order valence-electron chi connectivity index (χ0n) is 5.27. The second-order valence-electron chi connectivity index (χ2n) is 2.59. The Bertz CT molecular complexity index is 68.1. The Kier molecular flexibility index (Phi) is 2.13. The fourth-order valence-electron chi connectivity index (χ4n) is 1.33. The van der Waals surface area contributed by atoms with E-state index in [1.807, 2.05) is 6.08 Å². The van der Waals surface area contributed by atoms with E-state index in [1.54, 1.807) is 0 Å².